The van der Waals surface area contributed by atoms with E-state index in [1.54, 1.807) is 0 Å². The quantitative estimate of drug-likeness (QED) is 0.690. The fourth-order valence-corrected chi connectivity index (χ4v) is 2.28. The van der Waals surface area contributed by atoms with E-state index in [0.717, 1.165) is 13.2 Å². The van der Waals surface area contributed by atoms with Crippen LogP contribution >= 0.6 is 11.8 Å². The number of rotatable bonds is 6. The second-order valence-electron chi connectivity index (χ2n) is 3.95. The Hall–Kier alpha value is 0.270. The van der Waals surface area contributed by atoms with E-state index in [-0.39, 0.29) is 0 Å². The summed E-state index contributed by atoms with van der Waals surface area (Å²) in [7, 11) is 0. The van der Waals surface area contributed by atoms with Crippen LogP contribution in [0.4, 0.5) is 0 Å². The molecule has 3 heteroatoms. The fraction of sp³-hybridized carbons (Fsp3) is 1.00. The lowest BCUT2D eigenvalue weighted by Gasteiger charge is -2.30. The molecule has 2 unspecified atom stereocenters. The lowest BCUT2D eigenvalue weighted by atomic mass is 10.0. The Bertz CT molecular complexity index is 141. The van der Waals surface area contributed by atoms with Crippen LogP contribution < -0.4 is 5.32 Å². The summed E-state index contributed by atoms with van der Waals surface area (Å²) in [5.74, 6) is 1.22. The van der Waals surface area contributed by atoms with Gasteiger partial charge in [0.25, 0.3) is 0 Å². The lowest BCUT2D eigenvalue weighted by Crippen LogP contribution is -2.39. The van der Waals surface area contributed by atoms with Crippen LogP contribution in [0.1, 0.15) is 32.6 Å². The standard InChI is InChI=1S/C11H23NOS/c1-3-4-11-9-10(5-7-13-11)12-6-8-14-2/h10-12H,3-9H2,1-2H3. The molecule has 1 rings (SSSR count). The van der Waals surface area contributed by atoms with Crippen LogP contribution in [0, 0.1) is 0 Å². The monoisotopic (exact) mass is 217 g/mol. The zero-order valence-corrected chi connectivity index (χ0v) is 10.2. The van der Waals surface area contributed by atoms with Crippen molar-refractivity contribution in [1.29, 1.82) is 0 Å². The Morgan fingerprint density at radius 2 is 2.36 bits per heavy atom. The minimum atomic E-state index is 0.514. The highest BCUT2D eigenvalue weighted by molar-refractivity contribution is 7.98. The third kappa shape index (κ3) is 4.67. The van der Waals surface area contributed by atoms with E-state index in [9.17, 15) is 0 Å². The molecule has 0 bridgehead atoms. The summed E-state index contributed by atoms with van der Waals surface area (Å²) < 4.78 is 5.71. The number of nitrogens with one attached hydrogen (secondary N) is 1. The van der Waals surface area contributed by atoms with E-state index in [4.69, 9.17) is 4.74 Å². The Labute approximate surface area is 92.2 Å². The molecular formula is C11H23NOS. The molecule has 84 valence electrons. The largest absolute Gasteiger partial charge is 0.378 e. The minimum Gasteiger partial charge on any atom is -0.378 e. The lowest BCUT2D eigenvalue weighted by molar-refractivity contribution is -0.00277. The molecule has 1 saturated heterocycles. The fourth-order valence-electron chi connectivity index (χ4n) is 1.95. The molecule has 0 aromatic carbocycles. The first-order valence-electron chi connectivity index (χ1n) is 5.70. The average molecular weight is 217 g/mol. The van der Waals surface area contributed by atoms with Gasteiger partial charge in [0, 0.05) is 24.9 Å². The third-order valence-electron chi connectivity index (χ3n) is 2.72. The van der Waals surface area contributed by atoms with Gasteiger partial charge >= 0.3 is 0 Å². The summed E-state index contributed by atoms with van der Waals surface area (Å²) in [4.78, 5) is 0. The normalized spacial score (nSPS) is 27.9. The molecule has 1 aliphatic heterocycles. The van der Waals surface area contributed by atoms with Crippen LogP contribution in [-0.4, -0.2) is 37.3 Å². The second-order valence-corrected chi connectivity index (χ2v) is 4.94. The van der Waals surface area contributed by atoms with Crippen molar-refractivity contribution >= 4 is 11.8 Å². The van der Waals surface area contributed by atoms with Crippen molar-refractivity contribution in [2.75, 3.05) is 25.2 Å². The Morgan fingerprint density at radius 1 is 1.50 bits per heavy atom. The van der Waals surface area contributed by atoms with Gasteiger partial charge in [0.2, 0.25) is 0 Å². The van der Waals surface area contributed by atoms with Crippen molar-refractivity contribution in [3.63, 3.8) is 0 Å². The molecule has 0 aromatic rings. The van der Waals surface area contributed by atoms with Crippen LogP contribution in [-0.2, 0) is 4.74 Å². The highest BCUT2D eigenvalue weighted by atomic mass is 32.2. The SMILES string of the molecule is CCCC1CC(NCCSC)CCO1. The second kappa shape index (κ2) is 7.55. The van der Waals surface area contributed by atoms with Crippen molar-refractivity contribution in [1.82, 2.24) is 5.32 Å². The molecule has 0 spiro atoms. The molecule has 0 saturated carbocycles. The molecule has 0 aliphatic carbocycles. The Morgan fingerprint density at radius 3 is 3.07 bits per heavy atom. The van der Waals surface area contributed by atoms with Gasteiger partial charge in [0.1, 0.15) is 0 Å². The molecular weight excluding hydrogens is 194 g/mol. The van der Waals surface area contributed by atoms with Gasteiger partial charge in [-0.25, -0.2) is 0 Å². The summed E-state index contributed by atoms with van der Waals surface area (Å²) >= 11 is 1.91. The summed E-state index contributed by atoms with van der Waals surface area (Å²) in [5, 5.41) is 3.61. The molecule has 1 aliphatic rings. The van der Waals surface area contributed by atoms with Crippen molar-refractivity contribution < 1.29 is 4.74 Å². The van der Waals surface area contributed by atoms with Gasteiger partial charge in [-0.3, -0.25) is 0 Å². The highest BCUT2D eigenvalue weighted by Gasteiger charge is 2.20. The van der Waals surface area contributed by atoms with E-state index in [1.807, 2.05) is 11.8 Å². The molecule has 0 aromatic heterocycles. The molecule has 1 heterocycles. The van der Waals surface area contributed by atoms with E-state index in [1.165, 1.54) is 31.4 Å². The smallest absolute Gasteiger partial charge is 0.0589 e. The summed E-state index contributed by atoms with van der Waals surface area (Å²) in [6.45, 7) is 4.32. The van der Waals surface area contributed by atoms with E-state index < -0.39 is 0 Å². The third-order valence-corrected chi connectivity index (χ3v) is 3.33. The van der Waals surface area contributed by atoms with Crippen LogP contribution in [0.3, 0.4) is 0 Å². The number of hydrogen-bond acceptors (Lipinski definition) is 3. The molecule has 0 amide bonds. The molecule has 2 atom stereocenters. The zero-order chi connectivity index (χ0) is 10.2. The average Bonchev–Trinajstić information content (AvgIpc) is 2.19. The predicted molar refractivity (Wildman–Crippen MR) is 64.1 cm³/mol. The number of hydrogen-bond donors (Lipinski definition) is 1. The van der Waals surface area contributed by atoms with Crippen molar-refractivity contribution in [2.45, 2.75) is 44.8 Å². The molecule has 1 N–H and O–H groups in total. The summed E-state index contributed by atoms with van der Waals surface area (Å²) in [6.07, 6.45) is 7.53. The Balaban J connectivity index is 2.12. The Kier molecular flexibility index (Phi) is 6.65. The zero-order valence-electron chi connectivity index (χ0n) is 9.42. The highest BCUT2D eigenvalue weighted by Crippen LogP contribution is 2.17. The van der Waals surface area contributed by atoms with E-state index in [2.05, 4.69) is 18.5 Å². The first-order chi connectivity index (χ1) is 6.86. The van der Waals surface area contributed by atoms with Gasteiger partial charge in [-0.15, -0.1) is 0 Å². The summed E-state index contributed by atoms with van der Waals surface area (Å²) in [6, 6.07) is 0.701. The first-order valence-corrected chi connectivity index (χ1v) is 7.10. The van der Waals surface area contributed by atoms with Gasteiger partial charge in [-0.1, -0.05) is 13.3 Å². The van der Waals surface area contributed by atoms with Crippen molar-refractivity contribution in [3.8, 4) is 0 Å². The topological polar surface area (TPSA) is 21.3 Å². The first kappa shape index (κ1) is 12.3. The van der Waals surface area contributed by atoms with E-state index in [0.29, 0.717) is 12.1 Å². The van der Waals surface area contributed by atoms with Crippen LogP contribution in [0.5, 0.6) is 0 Å². The van der Waals surface area contributed by atoms with Crippen molar-refractivity contribution in [2.24, 2.45) is 0 Å². The number of ether oxygens (including phenoxy) is 1. The van der Waals surface area contributed by atoms with Gasteiger partial charge in [-0.05, 0) is 25.5 Å². The van der Waals surface area contributed by atoms with Gasteiger partial charge in [0.05, 0.1) is 6.10 Å². The molecule has 14 heavy (non-hydrogen) atoms. The van der Waals surface area contributed by atoms with Crippen LogP contribution in [0.25, 0.3) is 0 Å². The summed E-state index contributed by atoms with van der Waals surface area (Å²) in [5.41, 5.74) is 0. The van der Waals surface area contributed by atoms with E-state index >= 15 is 0 Å². The molecule has 2 nitrogen and oxygen atoms in total. The maximum Gasteiger partial charge on any atom is 0.0589 e. The maximum atomic E-state index is 5.71. The molecule has 1 fully saturated rings. The van der Waals surface area contributed by atoms with Crippen molar-refractivity contribution in [3.05, 3.63) is 0 Å². The van der Waals surface area contributed by atoms with Gasteiger partial charge in [-0.2, -0.15) is 11.8 Å². The minimum absolute atomic E-state index is 0.514. The number of thioether (sulfide) groups is 1. The van der Waals surface area contributed by atoms with Gasteiger partial charge < -0.3 is 10.1 Å². The maximum absolute atomic E-state index is 5.71. The predicted octanol–water partition coefficient (Wildman–Crippen LogP) is 2.29. The van der Waals surface area contributed by atoms with Crippen LogP contribution in [0.2, 0.25) is 0 Å². The van der Waals surface area contributed by atoms with Gasteiger partial charge in [0.15, 0.2) is 0 Å². The van der Waals surface area contributed by atoms with Crippen LogP contribution in [0.15, 0.2) is 0 Å². The molecule has 0 radical (unpaired) electrons.